The van der Waals surface area contributed by atoms with Crippen LogP contribution in [0.5, 0.6) is 5.75 Å². The molecule has 29 heavy (non-hydrogen) atoms. The lowest BCUT2D eigenvalue weighted by molar-refractivity contribution is 0.0691. The highest BCUT2D eigenvalue weighted by atomic mass is 35.5. The van der Waals surface area contributed by atoms with E-state index in [-0.39, 0.29) is 35.3 Å². The summed E-state index contributed by atoms with van der Waals surface area (Å²) in [6.07, 6.45) is 1.53. The number of anilines is 1. The van der Waals surface area contributed by atoms with Gasteiger partial charge < -0.3 is 25.8 Å². The van der Waals surface area contributed by atoms with Crippen molar-refractivity contribution in [1.29, 1.82) is 0 Å². The minimum absolute atomic E-state index is 0. The molecule has 3 atom stereocenters. The summed E-state index contributed by atoms with van der Waals surface area (Å²) in [5.74, 6) is -1.61. The van der Waals surface area contributed by atoms with Crippen molar-refractivity contribution in [3.05, 3.63) is 45.0 Å². The van der Waals surface area contributed by atoms with Gasteiger partial charge in [-0.15, -0.1) is 12.4 Å². The number of fused-ring (bicyclic) bond motifs is 4. The topological polar surface area (TPSA) is 120 Å². The van der Waals surface area contributed by atoms with Crippen molar-refractivity contribution in [1.82, 2.24) is 4.98 Å². The zero-order valence-electron chi connectivity index (χ0n) is 15.4. The Kier molecular flexibility index (Phi) is 4.59. The van der Waals surface area contributed by atoms with Crippen LogP contribution in [0.1, 0.15) is 27.9 Å². The minimum atomic E-state index is -1.51. The van der Waals surface area contributed by atoms with Gasteiger partial charge in [-0.25, -0.2) is 9.18 Å². The fourth-order valence-corrected chi connectivity index (χ4v) is 4.83. The summed E-state index contributed by atoms with van der Waals surface area (Å²) >= 11 is 0. The van der Waals surface area contributed by atoms with Crippen molar-refractivity contribution in [2.75, 3.05) is 18.0 Å². The molecule has 7 nitrogen and oxygen atoms in total. The number of nitrogens with zero attached hydrogens (tertiary/aromatic N) is 1. The molecular formula is C20H21ClFN3O4. The van der Waals surface area contributed by atoms with Crippen LogP contribution >= 0.6 is 12.4 Å². The Hall–Kier alpha value is -2.58. The third kappa shape index (κ3) is 2.89. The normalized spacial score (nSPS) is 24.1. The van der Waals surface area contributed by atoms with Crippen LogP contribution in [0.25, 0.3) is 11.3 Å². The second kappa shape index (κ2) is 6.74. The van der Waals surface area contributed by atoms with E-state index in [1.54, 1.807) is 0 Å². The van der Waals surface area contributed by atoms with Crippen LogP contribution in [0.2, 0.25) is 0 Å². The molecule has 2 fully saturated rings. The number of hydrogen-bond donors (Lipinski definition) is 4. The SMILES string of the molecule is Cl.N[C@@H]1[C@H]2CN(c3cc(F)c4c(c3)CCCc3c-4[nH]c(=O)c(C(=O)O)c3O)C[C@@H]12. The number of aromatic hydroxyl groups is 1. The molecule has 3 aliphatic rings. The maximum atomic E-state index is 15.2. The monoisotopic (exact) mass is 421 g/mol. The van der Waals surface area contributed by atoms with E-state index in [9.17, 15) is 19.8 Å². The van der Waals surface area contributed by atoms with E-state index >= 15 is 4.39 Å². The highest BCUT2D eigenvalue weighted by Gasteiger charge is 2.53. The highest BCUT2D eigenvalue weighted by Crippen LogP contribution is 2.46. The summed E-state index contributed by atoms with van der Waals surface area (Å²) in [5, 5.41) is 19.6. The Bertz CT molecular complexity index is 1070. The van der Waals surface area contributed by atoms with Gasteiger partial charge >= 0.3 is 5.97 Å². The third-order valence-electron chi connectivity index (χ3n) is 6.41. The number of halogens is 2. The van der Waals surface area contributed by atoms with Crippen LogP contribution in [-0.4, -0.2) is 40.3 Å². The maximum absolute atomic E-state index is 15.2. The van der Waals surface area contributed by atoms with Crippen LogP contribution < -0.4 is 16.2 Å². The van der Waals surface area contributed by atoms with Crippen LogP contribution in [0.4, 0.5) is 10.1 Å². The van der Waals surface area contributed by atoms with Crippen molar-refractivity contribution in [2.45, 2.75) is 25.3 Å². The smallest absolute Gasteiger partial charge is 0.345 e. The largest absolute Gasteiger partial charge is 0.506 e. The van der Waals surface area contributed by atoms with Crippen molar-refractivity contribution in [2.24, 2.45) is 17.6 Å². The van der Waals surface area contributed by atoms with E-state index in [2.05, 4.69) is 9.88 Å². The quantitative estimate of drug-likeness (QED) is 0.587. The summed E-state index contributed by atoms with van der Waals surface area (Å²) in [6.45, 7) is 1.64. The average molecular weight is 422 g/mol. The number of carboxylic acids is 1. The number of piperidine rings is 1. The minimum Gasteiger partial charge on any atom is -0.506 e. The second-order valence-electron chi connectivity index (χ2n) is 7.96. The summed E-state index contributed by atoms with van der Waals surface area (Å²) in [7, 11) is 0. The van der Waals surface area contributed by atoms with Gasteiger partial charge in [0.2, 0.25) is 0 Å². The molecule has 0 radical (unpaired) electrons. The Morgan fingerprint density at radius 3 is 2.59 bits per heavy atom. The lowest BCUT2D eigenvalue weighted by Gasteiger charge is -2.23. The molecule has 5 rings (SSSR count). The zero-order chi connectivity index (χ0) is 19.7. The zero-order valence-corrected chi connectivity index (χ0v) is 16.3. The molecule has 2 aromatic rings. The number of pyridine rings is 1. The molecule has 0 unspecified atom stereocenters. The third-order valence-corrected chi connectivity index (χ3v) is 6.41. The number of aryl methyl sites for hydroxylation is 1. The van der Waals surface area contributed by atoms with Crippen molar-refractivity contribution in [3.63, 3.8) is 0 Å². The van der Waals surface area contributed by atoms with Gasteiger partial charge in [-0.1, -0.05) is 0 Å². The van der Waals surface area contributed by atoms with Gasteiger partial charge in [0.15, 0.2) is 5.56 Å². The Labute approximate surface area is 171 Å². The Morgan fingerprint density at radius 1 is 1.24 bits per heavy atom. The molecule has 1 saturated heterocycles. The number of aromatic carboxylic acids is 1. The van der Waals surface area contributed by atoms with Crippen molar-refractivity contribution >= 4 is 24.1 Å². The van der Waals surface area contributed by atoms with Gasteiger partial charge in [-0.05, 0) is 48.8 Å². The summed E-state index contributed by atoms with van der Waals surface area (Å²) in [4.78, 5) is 28.1. The van der Waals surface area contributed by atoms with Gasteiger partial charge in [0.05, 0.1) is 5.69 Å². The van der Waals surface area contributed by atoms with E-state index < -0.39 is 28.7 Å². The standard InChI is InChI=1S/C20H20FN3O4.ClH/c21-13-5-9(24-6-11-12(7-24)16(11)22)4-8-2-1-3-10-17(14(8)13)23-19(26)15(18(10)25)20(27)28;/h4-5,11-12,16H,1-3,6-7,22H2,(H,27,28)(H2,23,25,26);1H/t11-,12+,16+;. The van der Waals surface area contributed by atoms with Crippen LogP contribution in [0.3, 0.4) is 0 Å². The number of carboxylic acid groups (broad SMARTS) is 1. The molecule has 5 N–H and O–H groups in total. The second-order valence-corrected chi connectivity index (χ2v) is 7.96. The van der Waals surface area contributed by atoms with Gasteiger partial charge in [0, 0.05) is 35.9 Å². The molecule has 0 bridgehead atoms. The Morgan fingerprint density at radius 2 is 1.93 bits per heavy atom. The van der Waals surface area contributed by atoms with E-state index in [1.165, 1.54) is 6.07 Å². The van der Waals surface area contributed by atoms with E-state index in [0.29, 0.717) is 31.1 Å². The van der Waals surface area contributed by atoms with Crippen LogP contribution in [0, 0.1) is 17.7 Å². The van der Waals surface area contributed by atoms with Crippen molar-refractivity contribution in [3.8, 4) is 17.0 Å². The van der Waals surface area contributed by atoms with E-state index in [4.69, 9.17) is 5.73 Å². The van der Waals surface area contributed by atoms with Crippen molar-refractivity contribution < 1.29 is 19.4 Å². The first-order valence-electron chi connectivity index (χ1n) is 9.41. The molecule has 1 saturated carbocycles. The number of benzene rings is 1. The van der Waals surface area contributed by atoms with Gasteiger partial charge in [-0.3, -0.25) is 4.79 Å². The molecule has 154 valence electrons. The molecule has 1 aromatic heterocycles. The number of rotatable bonds is 2. The molecule has 1 aliphatic heterocycles. The number of hydrogen-bond acceptors (Lipinski definition) is 5. The first-order chi connectivity index (χ1) is 13.4. The van der Waals surface area contributed by atoms with Gasteiger partial charge in [0.25, 0.3) is 5.56 Å². The fourth-order valence-electron chi connectivity index (χ4n) is 4.83. The maximum Gasteiger partial charge on any atom is 0.345 e. The molecule has 1 aromatic carbocycles. The van der Waals surface area contributed by atoms with Crippen LogP contribution in [0.15, 0.2) is 16.9 Å². The number of aromatic amines is 1. The molecule has 2 heterocycles. The number of nitrogens with one attached hydrogen (secondary N) is 1. The molecule has 0 amide bonds. The first-order valence-corrected chi connectivity index (χ1v) is 9.41. The number of aromatic nitrogens is 1. The van der Waals surface area contributed by atoms with Gasteiger partial charge in [0.1, 0.15) is 11.6 Å². The van der Waals surface area contributed by atoms with E-state index in [1.807, 2.05) is 6.07 Å². The van der Waals surface area contributed by atoms with Gasteiger partial charge in [-0.2, -0.15) is 0 Å². The molecule has 9 heteroatoms. The summed E-state index contributed by atoms with van der Waals surface area (Å²) in [5.41, 5.74) is 6.58. The van der Waals surface area contributed by atoms with E-state index in [0.717, 1.165) is 24.3 Å². The molecule has 0 spiro atoms. The number of nitrogens with two attached hydrogens (primary N) is 1. The highest BCUT2D eigenvalue weighted by molar-refractivity contribution is 5.92. The lowest BCUT2D eigenvalue weighted by Crippen LogP contribution is -2.28. The average Bonchev–Trinajstić information content (AvgIpc) is 3.06. The fraction of sp³-hybridized carbons (Fsp3) is 0.400. The lowest BCUT2D eigenvalue weighted by atomic mass is 9.98. The molecule has 2 aliphatic carbocycles. The first kappa shape index (κ1) is 19.7. The predicted molar refractivity (Wildman–Crippen MR) is 108 cm³/mol. The number of carbonyl (C=O) groups is 1. The van der Waals surface area contributed by atoms with Crippen LogP contribution in [-0.2, 0) is 12.8 Å². The Balaban J connectivity index is 0.00000205. The molecular weight excluding hydrogens is 401 g/mol. The predicted octanol–water partition coefficient (Wildman–Crippen LogP) is 1.89. The number of H-pyrrole nitrogens is 1. The summed E-state index contributed by atoms with van der Waals surface area (Å²) in [6, 6.07) is 3.64. The summed E-state index contributed by atoms with van der Waals surface area (Å²) < 4.78 is 15.2.